The lowest BCUT2D eigenvalue weighted by molar-refractivity contribution is -0.118. The van der Waals surface area contributed by atoms with Crippen molar-refractivity contribution < 1.29 is 4.79 Å². The van der Waals surface area contributed by atoms with Crippen LogP contribution in [0.4, 0.5) is 11.5 Å². The zero-order valence-electron chi connectivity index (χ0n) is 11.7. The van der Waals surface area contributed by atoms with Gasteiger partial charge in [0.25, 0.3) is 0 Å². The molecule has 1 rings (SSSR count). The zero-order chi connectivity index (χ0) is 13.5. The number of carbonyl (C=O) groups excluding carboxylic acids is 1. The van der Waals surface area contributed by atoms with Gasteiger partial charge in [0.05, 0.1) is 11.9 Å². The van der Waals surface area contributed by atoms with Crippen molar-refractivity contribution in [3.8, 4) is 0 Å². The summed E-state index contributed by atoms with van der Waals surface area (Å²) in [7, 11) is 1.80. The third-order valence-electron chi connectivity index (χ3n) is 2.80. The molecule has 0 bridgehead atoms. The number of aromatic nitrogens is 1. The number of anilines is 2. The van der Waals surface area contributed by atoms with Gasteiger partial charge in [0.1, 0.15) is 5.82 Å². The Labute approximate surface area is 109 Å². The molecular weight excluding hydrogens is 226 g/mol. The van der Waals surface area contributed by atoms with Gasteiger partial charge in [-0.25, -0.2) is 4.98 Å². The van der Waals surface area contributed by atoms with Gasteiger partial charge in [0.15, 0.2) is 0 Å². The fourth-order valence-electron chi connectivity index (χ4n) is 1.59. The van der Waals surface area contributed by atoms with Crippen molar-refractivity contribution in [2.75, 3.05) is 23.8 Å². The summed E-state index contributed by atoms with van der Waals surface area (Å²) in [4.78, 5) is 17.9. The van der Waals surface area contributed by atoms with Crippen LogP contribution < -0.4 is 10.2 Å². The highest BCUT2D eigenvalue weighted by Crippen LogP contribution is 2.16. The van der Waals surface area contributed by atoms with Crippen molar-refractivity contribution in [2.24, 2.45) is 5.92 Å². The molecule has 0 aromatic carbocycles. The average Bonchev–Trinajstić information content (AvgIpc) is 2.36. The van der Waals surface area contributed by atoms with Crippen molar-refractivity contribution in [1.82, 2.24) is 4.98 Å². The number of pyridine rings is 1. The molecule has 0 aliphatic carbocycles. The second kappa shape index (κ2) is 6.99. The minimum absolute atomic E-state index is 0.140. The third-order valence-corrected chi connectivity index (χ3v) is 2.80. The van der Waals surface area contributed by atoms with Gasteiger partial charge in [-0.15, -0.1) is 0 Å². The maximum Gasteiger partial charge on any atom is 0.226 e. The predicted octanol–water partition coefficient (Wildman–Crippen LogP) is 2.91. The van der Waals surface area contributed by atoms with Gasteiger partial charge in [0, 0.05) is 20.0 Å². The number of nitrogens with one attached hydrogen (secondary N) is 1. The van der Waals surface area contributed by atoms with Gasteiger partial charge in [-0.3, -0.25) is 4.79 Å². The standard InChI is InChI=1S/C14H23N3O/c1-5-15-13-8-7-12(10-16-13)17(4)14(18)9-6-11(2)3/h7-8,10-11H,5-6,9H2,1-4H3,(H,15,16). The van der Waals surface area contributed by atoms with Crippen LogP contribution in [0.2, 0.25) is 0 Å². The molecule has 0 atom stereocenters. The van der Waals surface area contributed by atoms with E-state index in [0.29, 0.717) is 12.3 Å². The molecule has 18 heavy (non-hydrogen) atoms. The monoisotopic (exact) mass is 249 g/mol. The Morgan fingerprint density at radius 1 is 1.44 bits per heavy atom. The Hall–Kier alpha value is -1.58. The van der Waals surface area contributed by atoms with E-state index in [1.807, 2.05) is 19.1 Å². The highest BCUT2D eigenvalue weighted by molar-refractivity contribution is 5.92. The summed E-state index contributed by atoms with van der Waals surface area (Å²) in [5.74, 6) is 1.53. The van der Waals surface area contributed by atoms with Gasteiger partial charge in [-0.1, -0.05) is 13.8 Å². The fourth-order valence-corrected chi connectivity index (χ4v) is 1.59. The summed E-state index contributed by atoms with van der Waals surface area (Å²) in [6.07, 6.45) is 3.24. The van der Waals surface area contributed by atoms with Crippen LogP contribution in [0.15, 0.2) is 18.3 Å². The summed E-state index contributed by atoms with van der Waals surface area (Å²) in [5.41, 5.74) is 0.838. The van der Waals surface area contributed by atoms with Crippen molar-refractivity contribution in [2.45, 2.75) is 33.6 Å². The van der Waals surface area contributed by atoms with Gasteiger partial charge in [-0.2, -0.15) is 0 Å². The topological polar surface area (TPSA) is 45.2 Å². The van der Waals surface area contributed by atoms with E-state index in [-0.39, 0.29) is 5.91 Å². The lowest BCUT2D eigenvalue weighted by atomic mass is 10.1. The lowest BCUT2D eigenvalue weighted by Gasteiger charge is -2.17. The molecule has 4 heteroatoms. The largest absolute Gasteiger partial charge is 0.370 e. The molecule has 1 heterocycles. The van der Waals surface area contributed by atoms with E-state index in [1.54, 1.807) is 18.1 Å². The third kappa shape index (κ3) is 4.35. The molecular formula is C14H23N3O. The maximum absolute atomic E-state index is 11.9. The summed E-state index contributed by atoms with van der Waals surface area (Å²) in [5, 5.41) is 3.13. The minimum atomic E-state index is 0.140. The fraction of sp³-hybridized carbons (Fsp3) is 0.571. The van der Waals surface area contributed by atoms with E-state index in [4.69, 9.17) is 0 Å². The molecule has 0 unspecified atom stereocenters. The van der Waals surface area contributed by atoms with E-state index < -0.39 is 0 Å². The molecule has 0 spiro atoms. The Kier molecular flexibility index (Phi) is 5.62. The first kappa shape index (κ1) is 14.5. The SMILES string of the molecule is CCNc1ccc(N(C)C(=O)CCC(C)C)cn1. The number of amides is 1. The van der Waals surface area contributed by atoms with E-state index in [1.165, 1.54) is 0 Å². The van der Waals surface area contributed by atoms with Crippen LogP contribution in [0.1, 0.15) is 33.6 Å². The molecule has 0 aliphatic rings. The molecule has 1 amide bonds. The first-order valence-corrected chi connectivity index (χ1v) is 6.51. The minimum Gasteiger partial charge on any atom is -0.370 e. The predicted molar refractivity (Wildman–Crippen MR) is 75.9 cm³/mol. The van der Waals surface area contributed by atoms with E-state index >= 15 is 0 Å². The van der Waals surface area contributed by atoms with Gasteiger partial charge in [0.2, 0.25) is 5.91 Å². The molecule has 4 nitrogen and oxygen atoms in total. The molecule has 1 aromatic rings. The average molecular weight is 249 g/mol. The van der Waals surface area contributed by atoms with Gasteiger partial charge < -0.3 is 10.2 Å². The number of nitrogens with zero attached hydrogens (tertiary/aromatic N) is 2. The van der Waals surface area contributed by atoms with Crippen LogP contribution in [0.5, 0.6) is 0 Å². The maximum atomic E-state index is 11.9. The second-order valence-corrected chi connectivity index (χ2v) is 4.82. The molecule has 0 aliphatic heterocycles. The Morgan fingerprint density at radius 2 is 2.17 bits per heavy atom. The van der Waals surface area contributed by atoms with E-state index in [0.717, 1.165) is 24.5 Å². The van der Waals surface area contributed by atoms with Crippen LogP contribution in [0, 0.1) is 5.92 Å². The van der Waals surface area contributed by atoms with Crippen molar-refractivity contribution >= 4 is 17.4 Å². The molecule has 0 radical (unpaired) electrons. The summed E-state index contributed by atoms with van der Waals surface area (Å²) in [6, 6.07) is 3.81. The summed E-state index contributed by atoms with van der Waals surface area (Å²) in [6.45, 7) is 7.12. The molecule has 0 saturated carbocycles. The Bertz CT molecular complexity index is 373. The van der Waals surface area contributed by atoms with Gasteiger partial charge in [-0.05, 0) is 31.4 Å². The van der Waals surface area contributed by atoms with Crippen molar-refractivity contribution in [3.63, 3.8) is 0 Å². The molecule has 1 aromatic heterocycles. The second-order valence-electron chi connectivity index (χ2n) is 4.82. The van der Waals surface area contributed by atoms with Crippen molar-refractivity contribution in [3.05, 3.63) is 18.3 Å². The highest BCUT2D eigenvalue weighted by Gasteiger charge is 2.11. The first-order valence-electron chi connectivity index (χ1n) is 6.51. The number of hydrogen-bond acceptors (Lipinski definition) is 3. The summed E-state index contributed by atoms with van der Waals surface area (Å²) < 4.78 is 0. The normalized spacial score (nSPS) is 10.5. The van der Waals surface area contributed by atoms with Crippen LogP contribution >= 0.6 is 0 Å². The lowest BCUT2D eigenvalue weighted by Crippen LogP contribution is -2.26. The first-order chi connectivity index (χ1) is 8.54. The Morgan fingerprint density at radius 3 is 2.67 bits per heavy atom. The molecule has 1 N–H and O–H groups in total. The zero-order valence-corrected chi connectivity index (χ0v) is 11.7. The number of hydrogen-bond donors (Lipinski definition) is 1. The molecule has 0 fully saturated rings. The highest BCUT2D eigenvalue weighted by atomic mass is 16.2. The van der Waals surface area contributed by atoms with Crippen LogP contribution in [-0.4, -0.2) is 24.5 Å². The van der Waals surface area contributed by atoms with Crippen molar-refractivity contribution in [1.29, 1.82) is 0 Å². The number of rotatable bonds is 6. The van der Waals surface area contributed by atoms with Crippen LogP contribution in [0.25, 0.3) is 0 Å². The quantitative estimate of drug-likeness (QED) is 0.843. The number of carbonyl (C=O) groups is 1. The molecule has 0 saturated heterocycles. The Balaban J connectivity index is 2.60. The van der Waals surface area contributed by atoms with Gasteiger partial charge >= 0.3 is 0 Å². The van der Waals surface area contributed by atoms with E-state index in [2.05, 4.69) is 24.1 Å². The van der Waals surface area contributed by atoms with Crippen LogP contribution in [0.3, 0.4) is 0 Å². The molecule has 100 valence electrons. The summed E-state index contributed by atoms with van der Waals surface area (Å²) >= 11 is 0. The van der Waals surface area contributed by atoms with Crippen LogP contribution in [-0.2, 0) is 4.79 Å². The van der Waals surface area contributed by atoms with E-state index in [9.17, 15) is 4.79 Å². The smallest absolute Gasteiger partial charge is 0.226 e.